The van der Waals surface area contributed by atoms with Crippen LogP contribution in [0.25, 0.3) is 0 Å². The Bertz CT molecular complexity index is 450. The van der Waals surface area contributed by atoms with Crippen molar-refractivity contribution in [2.45, 2.75) is 32.7 Å². The maximum Gasteiger partial charge on any atom is 0.127 e. The minimum atomic E-state index is -0.201. The smallest absolute Gasteiger partial charge is 0.127 e. The van der Waals surface area contributed by atoms with Crippen molar-refractivity contribution < 1.29 is 4.39 Å². The lowest BCUT2D eigenvalue weighted by atomic mass is 10.0. The third-order valence-corrected chi connectivity index (χ3v) is 3.64. The van der Waals surface area contributed by atoms with Crippen LogP contribution in [-0.2, 0) is 6.54 Å². The lowest BCUT2D eigenvalue weighted by Gasteiger charge is -2.16. The molecule has 0 amide bonds. The van der Waals surface area contributed by atoms with Crippen LogP contribution in [0.5, 0.6) is 0 Å². The Kier molecular flexibility index (Phi) is 4.33. The molecule has 1 atom stereocenters. The van der Waals surface area contributed by atoms with Crippen molar-refractivity contribution in [1.82, 2.24) is 4.90 Å². The summed E-state index contributed by atoms with van der Waals surface area (Å²) in [6, 6.07) is 6.66. The monoisotopic (exact) mass is 246 g/mol. The van der Waals surface area contributed by atoms with E-state index in [-0.39, 0.29) is 5.82 Å². The van der Waals surface area contributed by atoms with Gasteiger partial charge >= 0.3 is 0 Å². The largest absolute Gasteiger partial charge is 0.299 e. The fourth-order valence-corrected chi connectivity index (χ4v) is 2.71. The van der Waals surface area contributed by atoms with Gasteiger partial charge in [-0.25, -0.2) is 4.39 Å². The van der Waals surface area contributed by atoms with Crippen LogP contribution in [-0.4, -0.2) is 18.0 Å². The van der Waals surface area contributed by atoms with E-state index >= 15 is 0 Å². The van der Waals surface area contributed by atoms with Crippen molar-refractivity contribution >= 4 is 0 Å². The van der Waals surface area contributed by atoms with Crippen molar-refractivity contribution in [3.8, 4) is 6.07 Å². The van der Waals surface area contributed by atoms with Crippen LogP contribution < -0.4 is 0 Å². The molecule has 2 nitrogen and oxygen atoms in total. The third kappa shape index (κ3) is 3.08. The Morgan fingerprint density at radius 2 is 2.33 bits per heavy atom. The van der Waals surface area contributed by atoms with Gasteiger partial charge in [-0.3, -0.25) is 4.90 Å². The minimum Gasteiger partial charge on any atom is -0.299 e. The highest BCUT2D eigenvalue weighted by atomic mass is 19.1. The molecule has 0 saturated carbocycles. The van der Waals surface area contributed by atoms with Crippen molar-refractivity contribution in [2.75, 3.05) is 13.1 Å². The molecule has 18 heavy (non-hydrogen) atoms. The van der Waals surface area contributed by atoms with Crippen molar-refractivity contribution in [2.24, 2.45) is 5.92 Å². The molecule has 1 aliphatic heterocycles. The van der Waals surface area contributed by atoms with E-state index in [4.69, 9.17) is 5.26 Å². The maximum absolute atomic E-state index is 13.7. The van der Waals surface area contributed by atoms with Crippen LogP contribution in [0.1, 0.15) is 37.3 Å². The molecule has 1 heterocycles. The summed E-state index contributed by atoms with van der Waals surface area (Å²) in [6.45, 7) is 4.94. The number of nitrogens with zero attached hydrogens (tertiary/aromatic N) is 2. The number of rotatable bonds is 4. The second-order valence-electron chi connectivity index (χ2n) is 5.10. The zero-order valence-electron chi connectivity index (χ0n) is 10.8. The average Bonchev–Trinajstić information content (AvgIpc) is 2.80. The van der Waals surface area contributed by atoms with Crippen LogP contribution in [0, 0.1) is 23.1 Å². The fourth-order valence-electron chi connectivity index (χ4n) is 2.71. The summed E-state index contributed by atoms with van der Waals surface area (Å²) in [6.07, 6.45) is 3.70. The number of halogens is 1. The Balaban J connectivity index is 2.00. The van der Waals surface area contributed by atoms with Crippen LogP contribution in [0.4, 0.5) is 4.39 Å². The molecule has 1 saturated heterocycles. The first-order chi connectivity index (χ1) is 8.72. The van der Waals surface area contributed by atoms with E-state index in [1.54, 1.807) is 6.07 Å². The van der Waals surface area contributed by atoms with Gasteiger partial charge in [0.1, 0.15) is 5.82 Å². The second-order valence-corrected chi connectivity index (χ2v) is 5.10. The van der Waals surface area contributed by atoms with Crippen LogP contribution in [0.15, 0.2) is 18.2 Å². The SMILES string of the molecule is CCCC1CCN(Cc2cc(C#N)ccc2F)C1. The van der Waals surface area contributed by atoms with E-state index in [0.29, 0.717) is 17.7 Å². The third-order valence-electron chi connectivity index (χ3n) is 3.64. The van der Waals surface area contributed by atoms with Crippen LogP contribution in [0.2, 0.25) is 0 Å². The van der Waals surface area contributed by atoms with Crippen LogP contribution >= 0.6 is 0 Å². The summed E-state index contributed by atoms with van der Waals surface area (Å²) >= 11 is 0. The first kappa shape index (κ1) is 13.0. The highest BCUT2D eigenvalue weighted by Gasteiger charge is 2.22. The van der Waals surface area contributed by atoms with E-state index in [0.717, 1.165) is 19.0 Å². The Hall–Kier alpha value is -1.40. The summed E-state index contributed by atoms with van der Waals surface area (Å²) in [5, 5.41) is 8.84. The summed E-state index contributed by atoms with van der Waals surface area (Å²) in [5.41, 5.74) is 1.18. The molecule has 0 N–H and O–H groups in total. The van der Waals surface area contributed by atoms with Crippen molar-refractivity contribution in [3.63, 3.8) is 0 Å². The van der Waals surface area contributed by atoms with Gasteiger partial charge < -0.3 is 0 Å². The molecule has 2 rings (SSSR count). The fraction of sp³-hybridized carbons (Fsp3) is 0.533. The second kappa shape index (κ2) is 5.97. The number of likely N-dealkylation sites (tertiary alicyclic amines) is 1. The van der Waals surface area contributed by atoms with Gasteiger partial charge in [0.25, 0.3) is 0 Å². The summed E-state index contributed by atoms with van der Waals surface area (Å²) in [5.74, 6) is 0.560. The minimum absolute atomic E-state index is 0.201. The molecule has 0 radical (unpaired) electrons. The first-order valence-electron chi connectivity index (χ1n) is 6.63. The van der Waals surface area contributed by atoms with E-state index in [1.807, 2.05) is 0 Å². The molecule has 1 aromatic rings. The normalized spacial score (nSPS) is 19.9. The topological polar surface area (TPSA) is 27.0 Å². The van der Waals surface area contributed by atoms with Gasteiger partial charge in [-0.15, -0.1) is 0 Å². The highest BCUT2D eigenvalue weighted by molar-refractivity contribution is 5.33. The molecule has 0 spiro atoms. The maximum atomic E-state index is 13.7. The number of hydrogen-bond acceptors (Lipinski definition) is 2. The molecule has 0 bridgehead atoms. The zero-order valence-corrected chi connectivity index (χ0v) is 10.8. The van der Waals surface area contributed by atoms with Gasteiger partial charge in [0.2, 0.25) is 0 Å². The van der Waals surface area contributed by atoms with Crippen LogP contribution in [0.3, 0.4) is 0 Å². The lowest BCUT2D eigenvalue weighted by molar-refractivity contribution is 0.308. The average molecular weight is 246 g/mol. The molecule has 96 valence electrons. The van der Waals surface area contributed by atoms with Crippen molar-refractivity contribution in [3.05, 3.63) is 35.1 Å². The summed E-state index contributed by atoms with van der Waals surface area (Å²) in [4.78, 5) is 2.29. The molecule has 0 aromatic heterocycles. The van der Waals surface area contributed by atoms with Gasteiger partial charge in [-0.1, -0.05) is 13.3 Å². The number of nitriles is 1. The van der Waals surface area contributed by atoms with Gasteiger partial charge in [0.05, 0.1) is 11.6 Å². The quantitative estimate of drug-likeness (QED) is 0.815. The predicted octanol–water partition coefficient (Wildman–Crippen LogP) is 3.32. The van der Waals surface area contributed by atoms with E-state index in [9.17, 15) is 4.39 Å². The lowest BCUT2D eigenvalue weighted by Crippen LogP contribution is -2.20. The van der Waals surface area contributed by atoms with Gasteiger partial charge in [0.15, 0.2) is 0 Å². The van der Waals surface area contributed by atoms with Gasteiger partial charge in [-0.05, 0) is 43.5 Å². The van der Waals surface area contributed by atoms with E-state index < -0.39 is 0 Å². The summed E-state index contributed by atoms with van der Waals surface area (Å²) < 4.78 is 13.7. The molecule has 0 aliphatic carbocycles. The van der Waals surface area contributed by atoms with E-state index in [1.165, 1.54) is 31.4 Å². The van der Waals surface area contributed by atoms with Gasteiger partial charge in [0, 0.05) is 18.7 Å². The zero-order chi connectivity index (χ0) is 13.0. The number of hydrogen-bond donors (Lipinski definition) is 0. The van der Waals surface area contributed by atoms with Gasteiger partial charge in [-0.2, -0.15) is 5.26 Å². The molecule has 3 heteroatoms. The molecule has 1 fully saturated rings. The summed E-state index contributed by atoms with van der Waals surface area (Å²) in [7, 11) is 0. The molecule has 1 aromatic carbocycles. The molecule has 1 unspecified atom stereocenters. The Morgan fingerprint density at radius 3 is 3.06 bits per heavy atom. The highest BCUT2D eigenvalue weighted by Crippen LogP contribution is 2.23. The van der Waals surface area contributed by atoms with Crippen molar-refractivity contribution in [1.29, 1.82) is 5.26 Å². The first-order valence-corrected chi connectivity index (χ1v) is 6.63. The molecular weight excluding hydrogens is 227 g/mol. The Morgan fingerprint density at radius 1 is 1.50 bits per heavy atom. The van der Waals surface area contributed by atoms with E-state index in [2.05, 4.69) is 17.9 Å². The molecule has 1 aliphatic rings. The standard InChI is InChI=1S/C15H19FN2/c1-2-3-12-6-7-18(10-12)11-14-8-13(9-17)4-5-15(14)16/h4-5,8,12H,2-3,6-7,10-11H2,1H3. The number of benzene rings is 1. The Labute approximate surface area is 108 Å². The predicted molar refractivity (Wildman–Crippen MR) is 69.4 cm³/mol. The molecular formula is C15H19FN2.